The summed E-state index contributed by atoms with van der Waals surface area (Å²) in [6.45, 7) is 3.64. The van der Waals surface area contributed by atoms with Crippen LogP contribution in [0.1, 0.15) is 18.1 Å². The number of amides is 1. The lowest BCUT2D eigenvalue weighted by Gasteiger charge is -2.01. The van der Waals surface area contributed by atoms with Crippen LogP contribution in [0.4, 0.5) is 0 Å². The molecule has 0 aromatic heterocycles. The Morgan fingerprint density at radius 2 is 1.94 bits per heavy atom. The number of hydrogen-bond acceptors (Lipinski definition) is 2. The van der Waals surface area contributed by atoms with Gasteiger partial charge in [0.15, 0.2) is 0 Å². The first-order valence-corrected chi connectivity index (χ1v) is 5.10. The van der Waals surface area contributed by atoms with Crippen molar-refractivity contribution in [2.45, 2.75) is 20.3 Å². The number of benzene rings is 1. The van der Waals surface area contributed by atoms with Crippen LogP contribution in [0.3, 0.4) is 0 Å². The van der Waals surface area contributed by atoms with Crippen LogP contribution < -0.4 is 5.73 Å². The molecule has 0 heterocycles. The molecule has 1 aromatic carbocycles. The Labute approximate surface area is 95.5 Å². The summed E-state index contributed by atoms with van der Waals surface area (Å²) in [6.07, 6.45) is 2.03. The van der Waals surface area contributed by atoms with Gasteiger partial charge in [-0.25, -0.2) is 0 Å². The second kappa shape index (κ2) is 5.26. The number of aryl methyl sites for hydroxylation is 1. The fraction of sp³-hybridized carbons (Fsp3) is 0.231. The highest BCUT2D eigenvalue weighted by molar-refractivity contribution is 6.02. The van der Waals surface area contributed by atoms with Crippen molar-refractivity contribution in [1.82, 2.24) is 0 Å². The van der Waals surface area contributed by atoms with Crippen LogP contribution in [0.25, 0.3) is 0 Å². The first-order chi connectivity index (χ1) is 7.49. The van der Waals surface area contributed by atoms with Crippen molar-refractivity contribution in [3.05, 3.63) is 47.0 Å². The lowest BCUT2D eigenvalue weighted by molar-refractivity contribution is -0.114. The quantitative estimate of drug-likeness (QED) is 0.586. The van der Waals surface area contributed by atoms with E-state index in [4.69, 9.17) is 11.1 Å². The number of rotatable bonds is 4. The van der Waals surface area contributed by atoms with Gasteiger partial charge in [0.25, 0.3) is 0 Å². The molecule has 0 radical (unpaired) electrons. The van der Waals surface area contributed by atoms with Crippen LogP contribution in [0.5, 0.6) is 0 Å². The number of nitrogens with one attached hydrogen (secondary N) is 1. The van der Waals surface area contributed by atoms with E-state index in [-0.39, 0.29) is 0 Å². The summed E-state index contributed by atoms with van der Waals surface area (Å²) in [7, 11) is 0. The lowest BCUT2D eigenvalue weighted by Crippen LogP contribution is -2.13. The predicted octanol–water partition coefficient (Wildman–Crippen LogP) is 1.99. The smallest absolute Gasteiger partial charge is 0.244 e. The van der Waals surface area contributed by atoms with E-state index in [0.717, 1.165) is 5.56 Å². The second-order valence-corrected chi connectivity index (χ2v) is 3.88. The van der Waals surface area contributed by atoms with Gasteiger partial charge in [-0.1, -0.05) is 29.8 Å². The average molecular weight is 216 g/mol. The molecule has 0 aliphatic heterocycles. The minimum atomic E-state index is -0.478. The number of hydrogen-bond donors (Lipinski definition) is 2. The molecule has 0 saturated carbocycles. The molecule has 1 rings (SSSR count). The topological polar surface area (TPSA) is 66.9 Å². The van der Waals surface area contributed by atoms with Crippen LogP contribution in [0.15, 0.2) is 35.9 Å². The second-order valence-electron chi connectivity index (χ2n) is 3.88. The number of nitrogens with two attached hydrogens (primary N) is 1. The third-order valence-electron chi connectivity index (χ3n) is 2.29. The van der Waals surface area contributed by atoms with Crippen LogP contribution in [0, 0.1) is 12.3 Å². The predicted molar refractivity (Wildman–Crippen MR) is 65.6 cm³/mol. The van der Waals surface area contributed by atoms with Crippen molar-refractivity contribution in [2.24, 2.45) is 5.73 Å². The van der Waals surface area contributed by atoms with Gasteiger partial charge in [0, 0.05) is 17.7 Å². The van der Waals surface area contributed by atoms with E-state index in [2.05, 4.69) is 0 Å². The first kappa shape index (κ1) is 12.2. The Morgan fingerprint density at radius 1 is 1.38 bits per heavy atom. The van der Waals surface area contributed by atoms with Gasteiger partial charge in [-0.2, -0.15) is 0 Å². The van der Waals surface area contributed by atoms with Crippen LogP contribution in [0.2, 0.25) is 0 Å². The molecule has 1 aromatic rings. The van der Waals surface area contributed by atoms with E-state index >= 15 is 0 Å². The Kier molecular flexibility index (Phi) is 4.00. The fourth-order valence-corrected chi connectivity index (χ4v) is 1.31. The molecule has 0 unspecified atom stereocenters. The van der Waals surface area contributed by atoms with Gasteiger partial charge >= 0.3 is 0 Å². The van der Waals surface area contributed by atoms with E-state index in [9.17, 15) is 4.79 Å². The van der Waals surface area contributed by atoms with Crippen molar-refractivity contribution >= 4 is 11.6 Å². The maximum absolute atomic E-state index is 10.8. The molecular weight excluding hydrogens is 200 g/mol. The van der Waals surface area contributed by atoms with Gasteiger partial charge in [-0.05, 0) is 25.5 Å². The Balaban J connectivity index is 2.68. The van der Waals surface area contributed by atoms with E-state index in [0.29, 0.717) is 17.7 Å². The van der Waals surface area contributed by atoms with Crippen molar-refractivity contribution in [2.75, 3.05) is 0 Å². The van der Waals surface area contributed by atoms with Gasteiger partial charge in [0.05, 0.1) is 0 Å². The Morgan fingerprint density at radius 3 is 2.44 bits per heavy atom. The van der Waals surface area contributed by atoms with Crippen LogP contribution >= 0.6 is 0 Å². The van der Waals surface area contributed by atoms with E-state index < -0.39 is 5.91 Å². The van der Waals surface area contributed by atoms with Gasteiger partial charge in [-0.3, -0.25) is 4.79 Å². The van der Waals surface area contributed by atoms with E-state index in [1.165, 1.54) is 11.6 Å². The first-order valence-electron chi connectivity index (χ1n) is 5.10. The average Bonchev–Trinajstić information content (AvgIpc) is 2.21. The Bertz CT molecular complexity index is 430. The van der Waals surface area contributed by atoms with Gasteiger partial charge in [0.2, 0.25) is 5.91 Å². The fourth-order valence-electron chi connectivity index (χ4n) is 1.31. The van der Waals surface area contributed by atoms with E-state index in [1.807, 2.05) is 31.2 Å². The molecule has 0 fully saturated rings. The highest BCUT2D eigenvalue weighted by Crippen LogP contribution is 2.05. The SMILES string of the molecule is C/C(=C\C(=N)Cc1ccc(C)cc1)C(N)=O. The standard InChI is InChI=1S/C13H16N2O/c1-9-3-5-11(6-4-9)8-12(14)7-10(2)13(15)16/h3-7,14H,8H2,1-2H3,(H2,15,16)/b10-7+,14-12?. The minimum Gasteiger partial charge on any atom is -0.366 e. The molecule has 0 aliphatic carbocycles. The third kappa shape index (κ3) is 3.69. The maximum atomic E-state index is 10.8. The summed E-state index contributed by atoms with van der Waals surface area (Å²) < 4.78 is 0. The molecule has 3 nitrogen and oxygen atoms in total. The molecule has 0 saturated heterocycles. The van der Waals surface area contributed by atoms with Gasteiger partial charge in [-0.15, -0.1) is 0 Å². The molecule has 0 bridgehead atoms. The van der Waals surface area contributed by atoms with Crippen molar-refractivity contribution in [3.63, 3.8) is 0 Å². The Hall–Kier alpha value is -1.90. The molecule has 84 valence electrons. The summed E-state index contributed by atoms with van der Waals surface area (Å²) in [4.78, 5) is 10.8. The molecule has 1 amide bonds. The summed E-state index contributed by atoms with van der Waals surface area (Å²) in [6, 6.07) is 7.98. The number of allylic oxidation sites excluding steroid dienone is 1. The largest absolute Gasteiger partial charge is 0.366 e. The molecule has 3 N–H and O–H groups in total. The summed E-state index contributed by atoms with van der Waals surface area (Å²) >= 11 is 0. The monoisotopic (exact) mass is 216 g/mol. The van der Waals surface area contributed by atoms with Crippen molar-refractivity contribution in [1.29, 1.82) is 5.41 Å². The van der Waals surface area contributed by atoms with Gasteiger partial charge in [0.1, 0.15) is 0 Å². The molecular formula is C13H16N2O. The number of carbonyl (C=O) groups is 1. The van der Waals surface area contributed by atoms with Crippen molar-refractivity contribution in [3.8, 4) is 0 Å². The van der Waals surface area contributed by atoms with Crippen molar-refractivity contribution < 1.29 is 4.79 Å². The summed E-state index contributed by atoms with van der Waals surface area (Å²) in [5.41, 5.74) is 8.15. The highest BCUT2D eigenvalue weighted by Gasteiger charge is 2.01. The normalized spacial score (nSPS) is 11.2. The highest BCUT2D eigenvalue weighted by atomic mass is 16.1. The minimum absolute atomic E-state index is 0.389. The van der Waals surface area contributed by atoms with Crippen LogP contribution in [-0.4, -0.2) is 11.6 Å². The number of primary amides is 1. The zero-order valence-corrected chi connectivity index (χ0v) is 9.58. The zero-order chi connectivity index (χ0) is 12.1. The molecule has 3 heteroatoms. The third-order valence-corrected chi connectivity index (χ3v) is 2.29. The van der Waals surface area contributed by atoms with E-state index in [1.54, 1.807) is 6.92 Å². The molecule has 0 atom stereocenters. The zero-order valence-electron chi connectivity index (χ0n) is 9.58. The molecule has 0 spiro atoms. The molecule has 16 heavy (non-hydrogen) atoms. The van der Waals surface area contributed by atoms with Crippen LogP contribution in [-0.2, 0) is 11.2 Å². The summed E-state index contributed by atoms with van der Waals surface area (Å²) in [5, 5.41) is 7.72. The maximum Gasteiger partial charge on any atom is 0.244 e. The van der Waals surface area contributed by atoms with Gasteiger partial charge < -0.3 is 11.1 Å². The lowest BCUT2D eigenvalue weighted by atomic mass is 10.1. The molecule has 0 aliphatic rings. The summed E-state index contributed by atoms with van der Waals surface area (Å²) in [5.74, 6) is -0.478. The number of carbonyl (C=O) groups excluding carboxylic acids is 1.